The maximum atomic E-state index is 12.1. The molecule has 1 fully saturated rings. The van der Waals surface area contributed by atoms with Crippen LogP contribution in [-0.2, 0) is 16.1 Å². The molecule has 0 radical (unpaired) electrons. The zero-order chi connectivity index (χ0) is 16.8. The molecule has 8 heteroatoms. The fourth-order valence-electron chi connectivity index (χ4n) is 2.65. The quantitative estimate of drug-likeness (QED) is 0.859. The largest absolute Gasteiger partial charge is 0.374 e. The van der Waals surface area contributed by atoms with Gasteiger partial charge in [-0.05, 0) is 17.5 Å². The van der Waals surface area contributed by atoms with Crippen molar-refractivity contribution >= 4 is 22.2 Å². The number of hydrogen-bond acceptors (Lipinski definition) is 6. The van der Waals surface area contributed by atoms with Crippen molar-refractivity contribution in [3.63, 3.8) is 0 Å². The van der Waals surface area contributed by atoms with Crippen LogP contribution in [0.2, 0.25) is 0 Å². The normalized spacial score (nSPS) is 18.2. The number of nitrogens with zero attached hydrogens (tertiary/aromatic N) is 4. The predicted molar refractivity (Wildman–Crippen MR) is 90.7 cm³/mol. The highest BCUT2D eigenvalue weighted by Gasteiger charge is 2.21. The van der Waals surface area contributed by atoms with Crippen LogP contribution in [0.5, 0.6) is 0 Å². The molecule has 0 aliphatic carbocycles. The summed E-state index contributed by atoms with van der Waals surface area (Å²) >= 11 is 1.37. The van der Waals surface area contributed by atoms with Gasteiger partial charge in [0.2, 0.25) is 5.91 Å². The van der Waals surface area contributed by atoms with Gasteiger partial charge in [-0.25, -0.2) is 0 Å². The molecule has 3 heterocycles. The number of ether oxygens (including phenoxy) is 1. The summed E-state index contributed by atoms with van der Waals surface area (Å²) in [6, 6.07) is 5.68. The Morgan fingerprint density at radius 3 is 3.29 bits per heavy atom. The molecule has 1 atom stereocenters. The predicted octanol–water partition coefficient (Wildman–Crippen LogP) is 1.55. The van der Waals surface area contributed by atoms with Crippen LogP contribution in [0.4, 0.5) is 5.00 Å². The summed E-state index contributed by atoms with van der Waals surface area (Å²) in [7, 11) is 0. The lowest BCUT2D eigenvalue weighted by atomic mass is 10.2. The summed E-state index contributed by atoms with van der Waals surface area (Å²) in [5, 5.41) is 18.4. The van der Waals surface area contributed by atoms with Crippen LogP contribution in [0, 0.1) is 11.3 Å². The van der Waals surface area contributed by atoms with Crippen LogP contribution in [0.25, 0.3) is 0 Å². The van der Waals surface area contributed by atoms with Gasteiger partial charge in [0.05, 0.1) is 24.8 Å². The lowest BCUT2D eigenvalue weighted by Gasteiger charge is -2.32. The number of morpholine rings is 1. The second kappa shape index (κ2) is 8.06. The van der Waals surface area contributed by atoms with E-state index in [2.05, 4.69) is 21.4 Å². The van der Waals surface area contributed by atoms with E-state index >= 15 is 0 Å². The average Bonchev–Trinajstić information content (AvgIpc) is 3.25. The van der Waals surface area contributed by atoms with Crippen molar-refractivity contribution in [2.45, 2.75) is 19.1 Å². The van der Waals surface area contributed by atoms with E-state index in [0.717, 1.165) is 19.6 Å². The van der Waals surface area contributed by atoms with Crippen molar-refractivity contribution < 1.29 is 9.53 Å². The van der Waals surface area contributed by atoms with Gasteiger partial charge in [0.15, 0.2) is 0 Å². The lowest BCUT2D eigenvalue weighted by molar-refractivity contribution is -0.117. The number of nitriles is 1. The number of rotatable bonds is 6. The maximum absolute atomic E-state index is 12.1. The molecule has 1 aliphatic heterocycles. The minimum Gasteiger partial charge on any atom is -0.374 e. The fraction of sp³-hybridized carbons (Fsp3) is 0.438. The van der Waals surface area contributed by atoms with Gasteiger partial charge >= 0.3 is 0 Å². The molecule has 126 valence electrons. The Morgan fingerprint density at radius 2 is 2.50 bits per heavy atom. The van der Waals surface area contributed by atoms with E-state index in [4.69, 9.17) is 10.00 Å². The first kappa shape index (κ1) is 16.6. The smallest absolute Gasteiger partial charge is 0.226 e. The van der Waals surface area contributed by atoms with Crippen molar-refractivity contribution in [2.75, 3.05) is 31.6 Å². The lowest BCUT2D eigenvalue weighted by Crippen LogP contribution is -2.45. The van der Waals surface area contributed by atoms with E-state index in [1.54, 1.807) is 17.6 Å². The third-order valence-corrected chi connectivity index (χ3v) is 4.70. The van der Waals surface area contributed by atoms with Crippen LogP contribution in [0.1, 0.15) is 12.0 Å². The van der Waals surface area contributed by atoms with Gasteiger partial charge in [0.25, 0.3) is 0 Å². The summed E-state index contributed by atoms with van der Waals surface area (Å²) in [6.45, 7) is 3.67. The molecule has 0 saturated carbocycles. The number of carbonyl (C=O) groups is 1. The van der Waals surface area contributed by atoms with Crippen molar-refractivity contribution in [1.82, 2.24) is 14.7 Å². The Bertz CT molecular complexity index is 706. The van der Waals surface area contributed by atoms with Gasteiger partial charge in [0, 0.05) is 38.4 Å². The summed E-state index contributed by atoms with van der Waals surface area (Å²) < 4.78 is 7.63. The zero-order valence-corrected chi connectivity index (χ0v) is 14.0. The SMILES string of the molecule is N#Cc1ccsc1NC(=O)CCN1CCO[C@@H](Cn2cccn2)C1. The second-order valence-corrected chi connectivity index (χ2v) is 6.51. The van der Waals surface area contributed by atoms with Crippen molar-refractivity contribution in [3.05, 3.63) is 35.5 Å². The molecule has 1 saturated heterocycles. The van der Waals surface area contributed by atoms with E-state index in [-0.39, 0.29) is 12.0 Å². The maximum Gasteiger partial charge on any atom is 0.226 e. The Hall–Kier alpha value is -2.21. The Balaban J connectivity index is 1.44. The van der Waals surface area contributed by atoms with E-state index in [9.17, 15) is 4.79 Å². The summed E-state index contributed by atoms with van der Waals surface area (Å²) in [5.41, 5.74) is 0.513. The van der Waals surface area contributed by atoms with E-state index < -0.39 is 0 Å². The molecular formula is C16H19N5O2S. The molecule has 1 aliphatic rings. The highest BCUT2D eigenvalue weighted by molar-refractivity contribution is 7.14. The number of anilines is 1. The monoisotopic (exact) mass is 345 g/mol. The first-order chi connectivity index (χ1) is 11.7. The average molecular weight is 345 g/mol. The van der Waals surface area contributed by atoms with Crippen molar-refractivity contribution in [1.29, 1.82) is 5.26 Å². The Morgan fingerprint density at radius 1 is 1.58 bits per heavy atom. The van der Waals surface area contributed by atoms with Crippen LogP contribution in [-0.4, -0.2) is 52.9 Å². The van der Waals surface area contributed by atoms with Gasteiger partial charge in [-0.1, -0.05) is 0 Å². The van der Waals surface area contributed by atoms with Crippen LogP contribution in [0.3, 0.4) is 0 Å². The van der Waals surface area contributed by atoms with Crippen LogP contribution in [0.15, 0.2) is 29.9 Å². The molecule has 7 nitrogen and oxygen atoms in total. The first-order valence-corrected chi connectivity index (χ1v) is 8.71. The molecule has 1 N–H and O–H groups in total. The second-order valence-electron chi connectivity index (χ2n) is 5.59. The van der Waals surface area contributed by atoms with Crippen LogP contribution < -0.4 is 5.32 Å². The van der Waals surface area contributed by atoms with Gasteiger partial charge in [0.1, 0.15) is 11.1 Å². The molecule has 0 unspecified atom stereocenters. The zero-order valence-electron chi connectivity index (χ0n) is 13.2. The molecule has 3 rings (SSSR count). The Kier molecular flexibility index (Phi) is 5.59. The summed E-state index contributed by atoms with van der Waals surface area (Å²) in [6.07, 6.45) is 4.16. The molecule has 0 aromatic carbocycles. The first-order valence-electron chi connectivity index (χ1n) is 7.83. The van der Waals surface area contributed by atoms with E-state index in [1.165, 1.54) is 11.3 Å². The third kappa shape index (κ3) is 4.41. The van der Waals surface area contributed by atoms with Gasteiger partial charge in [-0.2, -0.15) is 10.4 Å². The minimum atomic E-state index is -0.0657. The standard InChI is InChI=1S/C16H19N5O2S/c17-10-13-3-9-24-16(13)19-15(22)2-6-20-7-8-23-14(11-20)12-21-5-1-4-18-21/h1,3-5,9,14H,2,6-8,11-12H2,(H,19,22)/t14-/m1/s1. The molecule has 24 heavy (non-hydrogen) atoms. The third-order valence-electron chi connectivity index (χ3n) is 3.87. The minimum absolute atomic E-state index is 0.0657. The molecule has 2 aromatic heterocycles. The number of carbonyl (C=O) groups excluding carboxylic acids is 1. The number of aromatic nitrogens is 2. The van der Waals surface area contributed by atoms with Gasteiger partial charge in [-0.3, -0.25) is 14.4 Å². The van der Waals surface area contributed by atoms with Crippen molar-refractivity contribution in [3.8, 4) is 6.07 Å². The molecule has 2 aromatic rings. The number of thiophene rings is 1. The highest BCUT2D eigenvalue weighted by atomic mass is 32.1. The number of nitrogens with one attached hydrogen (secondary N) is 1. The molecular weight excluding hydrogens is 326 g/mol. The van der Waals surface area contributed by atoms with Crippen molar-refractivity contribution in [2.24, 2.45) is 0 Å². The Labute approximate surface area is 144 Å². The topological polar surface area (TPSA) is 83.2 Å². The summed E-state index contributed by atoms with van der Waals surface area (Å²) in [5.74, 6) is -0.0657. The van der Waals surface area contributed by atoms with E-state index in [1.807, 2.05) is 16.9 Å². The molecule has 0 bridgehead atoms. The number of hydrogen-bond donors (Lipinski definition) is 1. The van der Waals surface area contributed by atoms with E-state index in [0.29, 0.717) is 30.1 Å². The number of amides is 1. The summed E-state index contributed by atoms with van der Waals surface area (Å²) in [4.78, 5) is 14.3. The van der Waals surface area contributed by atoms with Crippen LogP contribution >= 0.6 is 11.3 Å². The highest BCUT2D eigenvalue weighted by Crippen LogP contribution is 2.22. The molecule has 1 amide bonds. The fourth-order valence-corrected chi connectivity index (χ4v) is 3.41. The molecule has 0 spiro atoms. The van der Waals surface area contributed by atoms with Gasteiger partial charge in [-0.15, -0.1) is 11.3 Å². The van der Waals surface area contributed by atoms with Gasteiger partial charge < -0.3 is 10.1 Å².